The SMILES string of the molecule is CCNC(C)N(C)CC. The van der Waals surface area contributed by atoms with E-state index in [4.69, 9.17) is 0 Å². The van der Waals surface area contributed by atoms with Crippen molar-refractivity contribution >= 4 is 0 Å². The van der Waals surface area contributed by atoms with E-state index >= 15 is 0 Å². The van der Waals surface area contributed by atoms with Crippen LogP contribution in [0.5, 0.6) is 0 Å². The molecule has 0 rings (SSSR count). The molecule has 1 unspecified atom stereocenters. The minimum Gasteiger partial charge on any atom is -0.302 e. The van der Waals surface area contributed by atoms with Crippen LogP contribution in [0.1, 0.15) is 20.8 Å². The first-order valence-electron chi connectivity index (χ1n) is 3.66. The van der Waals surface area contributed by atoms with Crippen molar-refractivity contribution < 1.29 is 0 Å². The molecule has 0 spiro atoms. The molecule has 2 heteroatoms. The topological polar surface area (TPSA) is 15.3 Å². The van der Waals surface area contributed by atoms with Gasteiger partial charge in [-0.15, -0.1) is 0 Å². The fraction of sp³-hybridized carbons (Fsp3) is 1.00. The first kappa shape index (κ1) is 8.92. The van der Waals surface area contributed by atoms with Crippen LogP contribution in [0.3, 0.4) is 0 Å². The smallest absolute Gasteiger partial charge is 0.0565 e. The highest BCUT2D eigenvalue weighted by Crippen LogP contribution is 1.87. The summed E-state index contributed by atoms with van der Waals surface area (Å²) in [7, 11) is 2.12. The van der Waals surface area contributed by atoms with Crippen LogP contribution in [0, 0.1) is 0 Å². The lowest BCUT2D eigenvalue weighted by Crippen LogP contribution is -2.40. The fourth-order valence-electron chi connectivity index (χ4n) is 0.725. The van der Waals surface area contributed by atoms with Crippen LogP contribution in [0.15, 0.2) is 0 Å². The second-order valence-corrected chi connectivity index (χ2v) is 2.31. The Hall–Kier alpha value is -0.0800. The van der Waals surface area contributed by atoms with Crippen LogP contribution in [0.25, 0.3) is 0 Å². The molecule has 0 aromatic heterocycles. The molecule has 0 radical (unpaired) electrons. The highest BCUT2D eigenvalue weighted by Gasteiger charge is 2.02. The van der Waals surface area contributed by atoms with Crippen molar-refractivity contribution in [2.75, 3.05) is 20.1 Å². The Balaban J connectivity index is 3.32. The monoisotopic (exact) mass is 130 g/mol. The molecule has 0 heterocycles. The van der Waals surface area contributed by atoms with Gasteiger partial charge >= 0.3 is 0 Å². The average Bonchev–Trinajstić information content (AvgIpc) is 1.87. The summed E-state index contributed by atoms with van der Waals surface area (Å²) in [6.07, 6.45) is 0.514. The van der Waals surface area contributed by atoms with Gasteiger partial charge in [-0.2, -0.15) is 0 Å². The van der Waals surface area contributed by atoms with Crippen LogP contribution in [-0.4, -0.2) is 31.2 Å². The largest absolute Gasteiger partial charge is 0.302 e. The zero-order valence-corrected chi connectivity index (χ0v) is 6.94. The Morgan fingerprint density at radius 2 is 2.00 bits per heavy atom. The van der Waals surface area contributed by atoms with Gasteiger partial charge in [0.05, 0.1) is 6.17 Å². The van der Waals surface area contributed by atoms with Crippen molar-refractivity contribution in [3.63, 3.8) is 0 Å². The first-order valence-corrected chi connectivity index (χ1v) is 3.66. The lowest BCUT2D eigenvalue weighted by molar-refractivity contribution is 0.234. The number of hydrogen-bond donors (Lipinski definition) is 1. The standard InChI is InChI=1S/C7H18N2/c1-5-8-7(3)9(4)6-2/h7-8H,5-6H2,1-4H3. The van der Waals surface area contributed by atoms with Crippen molar-refractivity contribution in [3.8, 4) is 0 Å². The quantitative estimate of drug-likeness (QED) is 0.569. The van der Waals surface area contributed by atoms with Gasteiger partial charge in [-0.25, -0.2) is 0 Å². The van der Waals surface area contributed by atoms with E-state index in [0.717, 1.165) is 13.1 Å². The summed E-state index contributed by atoms with van der Waals surface area (Å²) in [6, 6.07) is 0. The zero-order valence-electron chi connectivity index (χ0n) is 6.94. The molecule has 1 N–H and O–H groups in total. The lowest BCUT2D eigenvalue weighted by Gasteiger charge is -2.23. The second-order valence-electron chi connectivity index (χ2n) is 2.31. The molecule has 0 saturated heterocycles. The summed E-state index contributed by atoms with van der Waals surface area (Å²) in [5.41, 5.74) is 0. The average molecular weight is 130 g/mol. The number of nitrogens with zero attached hydrogens (tertiary/aromatic N) is 1. The van der Waals surface area contributed by atoms with Gasteiger partial charge in [0.25, 0.3) is 0 Å². The molecule has 0 bridgehead atoms. The third-order valence-electron chi connectivity index (χ3n) is 1.66. The van der Waals surface area contributed by atoms with E-state index in [-0.39, 0.29) is 0 Å². The van der Waals surface area contributed by atoms with Gasteiger partial charge in [-0.3, -0.25) is 4.90 Å². The summed E-state index contributed by atoms with van der Waals surface area (Å²) in [6.45, 7) is 8.61. The van der Waals surface area contributed by atoms with E-state index in [2.05, 4.69) is 38.0 Å². The highest BCUT2D eigenvalue weighted by molar-refractivity contribution is 4.56. The first-order chi connectivity index (χ1) is 4.22. The highest BCUT2D eigenvalue weighted by atomic mass is 15.2. The van der Waals surface area contributed by atoms with Crippen LogP contribution in [-0.2, 0) is 0 Å². The minimum atomic E-state index is 0.514. The predicted molar refractivity (Wildman–Crippen MR) is 41.4 cm³/mol. The van der Waals surface area contributed by atoms with Gasteiger partial charge in [-0.05, 0) is 27.1 Å². The molecule has 0 aliphatic heterocycles. The molecular formula is C7H18N2. The molecule has 0 aliphatic rings. The third kappa shape index (κ3) is 3.49. The summed E-state index contributed by atoms with van der Waals surface area (Å²) in [5, 5.41) is 3.32. The molecule has 0 fully saturated rings. The molecule has 2 nitrogen and oxygen atoms in total. The van der Waals surface area contributed by atoms with Crippen LogP contribution >= 0.6 is 0 Å². The minimum absolute atomic E-state index is 0.514. The fourth-order valence-corrected chi connectivity index (χ4v) is 0.725. The summed E-state index contributed by atoms with van der Waals surface area (Å²) >= 11 is 0. The van der Waals surface area contributed by atoms with E-state index in [0.29, 0.717) is 6.17 Å². The number of rotatable bonds is 4. The van der Waals surface area contributed by atoms with E-state index in [1.54, 1.807) is 0 Å². The van der Waals surface area contributed by atoms with Crippen LogP contribution in [0.2, 0.25) is 0 Å². The van der Waals surface area contributed by atoms with Gasteiger partial charge in [-0.1, -0.05) is 13.8 Å². The van der Waals surface area contributed by atoms with E-state index in [1.807, 2.05) is 0 Å². The third-order valence-corrected chi connectivity index (χ3v) is 1.66. The summed E-state index contributed by atoms with van der Waals surface area (Å²) in [5.74, 6) is 0. The number of hydrogen-bond acceptors (Lipinski definition) is 2. The van der Waals surface area contributed by atoms with Crippen LogP contribution < -0.4 is 5.32 Å². The molecule has 0 aromatic rings. The Morgan fingerprint density at radius 1 is 1.44 bits per heavy atom. The predicted octanol–water partition coefficient (Wildman–Crippen LogP) is 0.894. The van der Waals surface area contributed by atoms with Gasteiger partial charge in [0.15, 0.2) is 0 Å². The molecule has 0 saturated carbocycles. The maximum absolute atomic E-state index is 3.32. The van der Waals surface area contributed by atoms with Gasteiger partial charge < -0.3 is 5.32 Å². The molecule has 0 aromatic carbocycles. The van der Waals surface area contributed by atoms with E-state index in [1.165, 1.54) is 0 Å². The number of nitrogens with one attached hydrogen (secondary N) is 1. The Bertz CT molecular complexity index is 63.9. The van der Waals surface area contributed by atoms with Gasteiger partial charge in [0, 0.05) is 0 Å². The maximum atomic E-state index is 3.32. The van der Waals surface area contributed by atoms with Crippen LogP contribution in [0.4, 0.5) is 0 Å². The molecule has 0 aliphatic carbocycles. The summed E-state index contributed by atoms with van der Waals surface area (Å²) in [4.78, 5) is 2.27. The zero-order chi connectivity index (χ0) is 7.28. The maximum Gasteiger partial charge on any atom is 0.0565 e. The van der Waals surface area contributed by atoms with E-state index in [9.17, 15) is 0 Å². The van der Waals surface area contributed by atoms with Crippen molar-refractivity contribution in [3.05, 3.63) is 0 Å². The Morgan fingerprint density at radius 3 is 2.33 bits per heavy atom. The summed E-state index contributed by atoms with van der Waals surface area (Å²) < 4.78 is 0. The normalized spacial score (nSPS) is 14.3. The van der Waals surface area contributed by atoms with Crippen molar-refractivity contribution in [1.82, 2.24) is 10.2 Å². The lowest BCUT2D eigenvalue weighted by atomic mass is 10.4. The van der Waals surface area contributed by atoms with Crippen molar-refractivity contribution in [1.29, 1.82) is 0 Å². The molecule has 56 valence electrons. The molecule has 0 amide bonds. The van der Waals surface area contributed by atoms with Crippen molar-refractivity contribution in [2.45, 2.75) is 26.9 Å². The molecule has 1 atom stereocenters. The van der Waals surface area contributed by atoms with E-state index < -0.39 is 0 Å². The molecular weight excluding hydrogens is 112 g/mol. The van der Waals surface area contributed by atoms with Gasteiger partial charge in [0.2, 0.25) is 0 Å². The molecule has 9 heavy (non-hydrogen) atoms. The Labute approximate surface area is 58.2 Å². The van der Waals surface area contributed by atoms with Crippen molar-refractivity contribution in [2.24, 2.45) is 0 Å². The second kappa shape index (κ2) is 4.77. The Kier molecular flexibility index (Phi) is 4.72. The van der Waals surface area contributed by atoms with Gasteiger partial charge in [0.1, 0.15) is 0 Å².